The van der Waals surface area contributed by atoms with E-state index in [-0.39, 0.29) is 16.7 Å². The molecule has 0 aliphatic carbocycles. The van der Waals surface area contributed by atoms with Gasteiger partial charge in [0.25, 0.3) is 0 Å². The fourth-order valence-corrected chi connectivity index (χ4v) is 2.76. The van der Waals surface area contributed by atoms with Crippen LogP contribution in [-0.2, 0) is 19.1 Å². The standard InChI is InChI=1S/C9H15NO4S/c1-9(2)5(7(11)13-3)10-6(15-9)8(12)14-4/h5-6,10H,1-4H3. The number of rotatable bonds is 2. The van der Waals surface area contributed by atoms with Crippen LogP contribution in [0.25, 0.3) is 0 Å². The summed E-state index contributed by atoms with van der Waals surface area (Å²) >= 11 is 1.37. The Balaban J connectivity index is 2.76. The molecule has 0 aromatic rings. The van der Waals surface area contributed by atoms with Gasteiger partial charge in [-0.25, -0.2) is 4.79 Å². The smallest absolute Gasteiger partial charge is 0.333 e. The Bertz CT molecular complexity index is 279. The van der Waals surface area contributed by atoms with Crippen LogP contribution in [0.4, 0.5) is 0 Å². The van der Waals surface area contributed by atoms with Gasteiger partial charge in [0.2, 0.25) is 0 Å². The van der Waals surface area contributed by atoms with Crippen LogP contribution in [0.1, 0.15) is 13.8 Å². The van der Waals surface area contributed by atoms with E-state index >= 15 is 0 Å². The van der Waals surface area contributed by atoms with E-state index in [1.54, 1.807) is 0 Å². The molecular formula is C9H15NO4S. The Hall–Kier alpha value is -0.750. The monoisotopic (exact) mass is 233 g/mol. The molecule has 1 fully saturated rings. The summed E-state index contributed by atoms with van der Waals surface area (Å²) in [4.78, 5) is 22.7. The first-order valence-corrected chi connectivity index (χ1v) is 5.40. The molecule has 2 atom stereocenters. The topological polar surface area (TPSA) is 64.6 Å². The van der Waals surface area contributed by atoms with E-state index in [1.165, 1.54) is 26.0 Å². The zero-order valence-corrected chi connectivity index (χ0v) is 10.0. The molecular weight excluding hydrogens is 218 g/mol. The minimum absolute atomic E-state index is 0.362. The van der Waals surface area contributed by atoms with Crippen LogP contribution in [0, 0.1) is 0 Å². The Kier molecular flexibility index (Phi) is 3.62. The first-order chi connectivity index (χ1) is 6.92. The molecule has 1 aliphatic heterocycles. The van der Waals surface area contributed by atoms with Gasteiger partial charge in [0.1, 0.15) is 6.04 Å². The van der Waals surface area contributed by atoms with Gasteiger partial charge < -0.3 is 9.47 Å². The summed E-state index contributed by atoms with van der Waals surface area (Å²) in [5, 5.41) is 2.39. The highest BCUT2D eigenvalue weighted by atomic mass is 32.2. The van der Waals surface area contributed by atoms with E-state index in [0.717, 1.165) is 0 Å². The summed E-state index contributed by atoms with van der Waals surface area (Å²) in [7, 11) is 2.65. The Morgan fingerprint density at radius 1 is 1.20 bits per heavy atom. The summed E-state index contributed by atoms with van der Waals surface area (Å²) < 4.78 is 8.90. The molecule has 1 heterocycles. The largest absolute Gasteiger partial charge is 0.468 e. The second kappa shape index (κ2) is 4.40. The predicted octanol–water partition coefficient (Wildman–Crippen LogP) is 0.142. The van der Waals surface area contributed by atoms with Gasteiger partial charge in [0.05, 0.1) is 14.2 Å². The van der Waals surface area contributed by atoms with E-state index in [9.17, 15) is 9.59 Å². The highest BCUT2D eigenvalue weighted by Crippen LogP contribution is 2.38. The van der Waals surface area contributed by atoms with Gasteiger partial charge in [0.15, 0.2) is 5.37 Å². The highest BCUT2D eigenvalue weighted by Gasteiger charge is 2.48. The molecule has 15 heavy (non-hydrogen) atoms. The molecule has 0 saturated carbocycles. The molecule has 1 rings (SSSR count). The van der Waals surface area contributed by atoms with Crippen LogP contribution >= 0.6 is 11.8 Å². The van der Waals surface area contributed by atoms with Crippen molar-refractivity contribution in [3.05, 3.63) is 0 Å². The summed E-state index contributed by atoms with van der Waals surface area (Å²) in [6.07, 6.45) is 0. The lowest BCUT2D eigenvalue weighted by Crippen LogP contribution is -2.46. The Labute approximate surface area is 92.9 Å². The summed E-state index contributed by atoms with van der Waals surface area (Å²) in [5.41, 5.74) is 0. The maximum atomic E-state index is 11.4. The van der Waals surface area contributed by atoms with Crippen molar-refractivity contribution in [3.8, 4) is 0 Å². The van der Waals surface area contributed by atoms with Crippen molar-refractivity contribution in [1.29, 1.82) is 0 Å². The SMILES string of the molecule is COC(=O)C1NC(C(=O)OC)C(C)(C)S1. The quantitative estimate of drug-likeness (QED) is 0.685. The normalized spacial score (nSPS) is 28.5. The number of esters is 2. The van der Waals surface area contributed by atoms with Crippen LogP contribution < -0.4 is 5.32 Å². The van der Waals surface area contributed by atoms with Crippen LogP contribution in [0.2, 0.25) is 0 Å². The summed E-state index contributed by atoms with van der Waals surface area (Å²) in [5.74, 6) is -0.738. The third-order valence-corrected chi connectivity index (χ3v) is 3.69. The second-order valence-corrected chi connectivity index (χ2v) is 5.51. The highest BCUT2D eigenvalue weighted by molar-refractivity contribution is 8.02. The fourth-order valence-electron chi connectivity index (χ4n) is 1.45. The van der Waals surface area contributed by atoms with Crippen LogP contribution in [0.5, 0.6) is 0 Å². The number of hydrogen-bond donors (Lipinski definition) is 1. The van der Waals surface area contributed by atoms with E-state index in [4.69, 9.17) is 0 Å². The Morgan fingerprint density at radius 2 is 1.73 bits per heavy atom. The molecule has 1 aliphatic rings. The first-order valence-electron chi connectivity index (χ1n) is 4.52. The van der Waals surface area contributed by atoms with Crippen LogP contribution in [0.3, 0.4) is 0 Å². The zero-order valence-electron chi connectivity index (χ0n) is 9.20. The number of nitrogens with one attached hydrogen (secondary N) is 1. The molecule has 0 spiro atoms. The maximum absolute atomic E-state index is 11.4. The molecule has 0 aromatic carbocycles. The Morgan fingerprint density at radius 3 is 2.20 bits per heavy atom. The van der Waals surface area contributed by atoms with Crippen LogP contribution in [-0.4, -0.2) is 42.3 Å². The minimum atomic E-state index is -0.505. The molecule has 2 unspecified atom stereocenters. The van der Waals surface area contributed by atoms with Crippen molar-refractivity contribution < 1.29 is 19.1 Å². The number of carbonyl (C=O) groups excluding carboxylic acids is 2. The molecule has 0 bridgehead atoms. The lowest BCUT2D eigenvalue weighted by Gasteiger charge is -2.22. The van der Waals surface area contributed by atoms with Crippen molar-refractivity contribution in [2.24, 2.45) is 0 Å². The van der Waals surface area contributed by atoms with Crippen LogP contribution in [0.15, 0.2) is 0 Å². The lowest BCUT2D eigenvalue weighted by atomic mass is 10.0. The predicted molar refractivity (Wildman–Crippen MR) is 56.4 cm³/mol. The molecule has 5 nitrogen and oxygen atoms in total. The van der Waals surface area contributed by atoms with Gasteiger partial charge >= 0.3 is 11.9 Å². The molecule has 1 N–H and O–H groups in total. The second-order valence-electron chi connectivity index (χ2n) is 3.75. The summed E-state index contributed by atoms with van der Waals surface area (Å²) in [6.45, 7) is 3.77. The molecule has 0 radical (unpaired) electrons. The third-order valence-electron chi connectivity index (χ3n) is 2.29. The average Bonchev–Trinajstić information content (AvgIpc) is 2.52. The lowest BCUT2D eigenvalue weighted by molar-refractivity contribution is -0.144. The molecule has 86 valence electrons. The van der Waals surface area contributed by atoms with Crippen molar-refractivity contribution in [2.45, 2.75) is 30.0 Å². The van der Waals surface area contributed by atoms with Gasteiger partial charge in [-0.05, 0) is 13.8 Å². The minimum Gasteiger partial charge on any atom is -0.468 e. The summed E-state index contributed by atoms with van der Waals surface area (Å²) in [6, 6.07) is -0.489. The number of hydrogen-bond acceptors (Lipinski definition) is 6. The van der Waals surface area contributed by atoms with Gasteiger partial charge in [0, 0.05) is 4.75 Å². The van der Waals surface area contributed by atoms with Gasteiger partial charge in [-0.15, -0.1) is 11.8 Å². The van der Waals surface area contributed by atoms with E-state index in [0.29, 0.717) is 0 Å². The number of thioether (sulfide) groups is 1. The van der Waals surface area contributed by atoms with Crippen molar-refractivity contribution in [2.75, 3.05) is 14.2 Å². The zero-order chi connectivity index (χ0) is 11.6. The van der Waals surface area contributed by atoms with Crippen molar-refractivity contribution in [3.63, 3.8) is 0 Å². The molecule has 1 saturated heterocycles. The average molecular weight is 233 g/mol. The first kappa shape index (κ1) is 12.3. The third kappa shape index (κ3) is 2.43. The molecule has 6 heteroatoms. The molecule has 0 amide bonds. The van der Waals surface area contributed by atoms with Gasteiger partial charge in [-0.1, -0.05) is 0 Å². The number of carbonyl (C=O) groups is 2. The van der Waals surface area contributed by atoms with E-state index < -0.39 is 11.4 Å². The van der Waals surface area contributed by atoms with E-state index in [2.05, 4.69) is 14.8 Å². The maximum Gasteiger partial charge on any atom is 0.333 e. The van der Waals surface area contributed by atoms with Gasteiger partial charge in [-0.2, -0.15) is 0 Å². The fraction of sp³-hybridized carbons (Fsp3) is 0.778. The van der Waals surface area contributed by atoms with Crippen molar-refractivity contribution in [1.82, 2.24) is 5.32 Å². The molecule has 0 aromatic heterocycles. The van der Waals surface area contributed by atoms with Gasteiger partial charge in [-0.3, -0.25) is 10.1 Å². The number of ether oxygens (including phenoxy) is 2. The van der Waals surface area contributed by atoms with Crippen molar-refractivity contribution >= 4 is 23.7 Å². The van der Waals surface area contributed by atoms with E-state index in [1.807, 2.05) is 13.8 Å². The number of methoxy groups -OCH3 is 2.